The molecule has 2 heterocycles. The van der Waals surface area contributed by atoms with E-state index >= 15 is 0 Å². The largest absolute Gasteiger partial charge is 0.444 e. The number of hydrogen-bond donors (Lipinski definition) is 1. The number of fused-ring (bicyclic) bond motifs is 1. The maximum absolute atomic E-state index is 12.9. The van der Waals surface area contributed by atoms with Crippen molar-refractivity contribution >= 4 is 11.9 Å². The minimum atomic E-state index is -0.558. The molecule has 5 atom stereocenters. The summed E-state index contributed by atoms with van der Waals surface area (Å²) in [5, 5.41) is 3.03. The van der Waals surface area contributed by atoms with E-state index in [4.69, 9.17) is 18.9 Å². The van der Waals surface area contributed by atoms with Gasteiger partial charge >= 0.3 is 6.09 Å². The average molecular weight is 586 g/mol. The Balaban J connectivity index is 1.39. The maximum atomic E-state index is 12.9. The van der Waals surface area contributed by atoms with Gasteiger partial charge in [0.15, 0.2) is 6.29 Å². The molecular weight excluding hydrogens is 530 g/mol. The first kappa shape index (κ1) is 34.3. The Hall–Kier alpha value is -2.22. The molecule has 1 fully saturated rings. The van der Waals surface area contributed by atoms with E-state index in [1.165, 1.54) is 51.4 Å². The van der Waals surface area contributed by atoms with Crippen molar-refractivity contribution in [3.63, 3.8) is 0 Å². The molecule has 0 radical (unpaired) electrons. The molecule has 2 aliphatic rings. The van der Waals surface area contributed by atoms with Crippen molar-refractivity contribution in [3.05, 3.63) is 48.0 Å². The highest BCUT2D eigenvalue weighted by atomic mass is 16.7. The van der Waals surface area contributed by atoms with Gasteiger partial charge in [-0.3, -0.25) is 4.79 Å². The second kappa shape index (κ2) is 18.4. The van der Waals surface area contributed by atoms with Gasteiger partial charge in [-0.15, -0.1) is 0 Å². The monoisotopic (exact) mass is 585 g/mol. The van der Waals surface area contributed by atoms with Gasteiger partial charge in [-0.25, -0.2) is 4.79 Å². The third-order valence-corrected chi connectivity index (χ3v) is 7.82. The fourth-order valence-corrected chi connectivity index (χ4v) is 5.54. The molecule has 42 heavy (non-hydrogen) atoms. The van der Waals surface area contributed by atoms with E-state index in [1.54, 1.807) is 0 Å². The van der Waals surface area contributed by atoms with E-state index in [9.17, 15) is 9.59 Å². The molecular formula is C35H55NO6. The van der Waals surface area contributed by atoms with Crippen molar-refractivity contribution < 1.29 is 28.5 Å². The number of Topliss-reactive ketones (excluding diaryl/α,β-unsaturated/α-hetero) is 1. The van der Waals surface area contributed by atoms with Gasteiger partial charge in [-0.1, -0.05) is 114 Å². The van der Waals surface area contributed by atoms with Crippen molar-refractivity contribution in [1.82, 2.24) is 5.32 Å². The highest BCUT2D eigenvalue weighted by molar-refractivity contribution is 5.79. The minimum absolute atomic E-state index is 0.0832. The number of hydrogen-bond acceptors (Lipinski definition) is 6. The molecule has 0 spiro atoms. The van der Waals surface area contributed by atoms with Crippen LogP contribution in [0.2, 0.25) is 0 Å². The Kier molecular flexibility index (Phi) is 15.1. The van der Waals surface area contributed by atoms with Gasteiger partial charge in [0.2, 0.25) is 0 Å². The number of amides is 1. The summed E-state index contributed by atoms with van der Waals surface area (Å²) in [6, 6.07) is 9.79. The van der Waals surface area contributed by atoms with Gasteiger partial charge in [0.25, 0.3) is 0 Å². The van der Waals surface area contributed by atoms with E-state index in [-0.39, 0.29) is 30.1 Å². The number of ketones is 1. The maximum Gasteiger partial charge on any atom is 0.407 e. The Labute approximate surface area is 254 Å². The van der Waals surface area contributed by atoms with Crippen LogP contribution in [0.1, 0.15) is 129 Å². The lowest BCUT2D eigenvalue weighted by Gasteiger charge is -2.39. The van der Waals surface area contributed by atoms with Crippen LogP contribution in [-0.2, 0) is 23.7 Å². The number of nitrogens with one attached hydrogen (secondary N) is 1. The zero-order valence-corrected chi connectivity index (χ0v) is 26.5. The normalized spacial score (nSPS) is 22.8. The zero-order chi connectivity index (χ0) is 30.2. The number of ether oxygens (including phenoxy) is 4. The fourth-order valence-electron chi connectivity index (χ4n) is 5.54. The van der Waals surface area contributed by atoms with Crippen molar-refractivity contribution in [2.24, 2.45) is 0 Å². The van der Waals surface area contributed by atoms with Crippen LogP contribution in [0.3, 0.4) is 0 Å². The summed E-state index contributed by atoms with van der Waals surface area (Å²) in [6.07, 6.45) is 17.2. The SMILES string of the molecule is CCCCCCCCCCCCC(CCC(=O)C[C@H]1C=C[C@@H]2O[C@H](c3ccccc3)OC[C@H]2O1)NC(=O)OC(C)(C)C. The molecule has 1 N–H and O–H groups in total. The summed E-state index contributed by atoms with van der Waals surface area (Å²) in [5.41, 5.74) is 0.423. The van der Waals surface area contributed by atoms with Gasteiger partial charge < -0.3 is 24.3 Å². The minimum Gasteiger partial charge on any atom is -0.444 e. The number of unbranched alkanes of at least 4 members (excludes halogenated alkanes) is 9. The molecule has 1 amide bonds. The van der Waals surface area contributed by atoms with Crippen LogP contribution in [0.4, 0.5) is 4.79 Å². The van der Waals surface area contributed by atoms with Crippen LogP contribution >= 0.6 is 0 Å². The first-order valence-corrected chi connectivity index (χ1v) is 16.4. The standard InChI is InChI=1S/C35H55NO6/c1-5-6-7-8-9-10-11-12-13-17-20-28(36-34(38)42-35(2,3)4)21-22-29(37)25-30-23-24-31-32(40-30)26-39-33(41-31)27-18-15-14-16-19-27/h14-16,18-19,23-24,28,30-33H,5-13,17,20-22,25-26H2,1-4H3,(H,36,38)/t28?,30-,31+,32-,33-/m1/s1. The van der Waals surface area contributed by atoms with Crippen molar-refractivity contribution in [2.75, 3.05) is 6.61 Å². The molecule has 236 valence electrons. The van der Waals surface area contributed by atoms with Crippen molar-refractivity contribution in [1.29, 1.82) is 0 Å². The molecule has 1 aromatic carbocycles. The molecule has 0 saturated carbocycles. The predicted molar refractivity (Wildman–Crippen MR) is 166 cm³/mol. The lowest BCUT2D eigenvalue weighted by Crippen LogP contribution is -2.45. The number of carbonyl (C=O) groups is 2. The summed E-state index contributed by atoms with van der Waals surface area (Å²) >= 11 is 0. The smallest absolute Gasteiger partial charge is 0.407 e. The average Bonchev–Trinajstić information content (AvgIpc) is 2.96. The molecule has 0 aromatic heterocycles. The summed E-state index contributed by atoms with van der Waals surface area (Å²) in [6.45, 7) is 8.25. The third kappa shape index (κ3) is 13.4. The molecule has 1 saturated heterocycles. The molecule has 3 rings (SSSR count). The van der Waals surface area contributed by atoms with Gasteiger partial charge in [-0.05, 0) is 33.6 Å². The van der Waals surface area contributed by atoms with Crippen LogP contribution in [0.15, 0.2) is 42.5 Å². The van der Waals surface area contributed by atoms with Gasteiger partial charge in [0, 0.05) is 24.4 Å². The van der Waals surface area contributed by atoms with E-state index < -0.39 is 18.0 Å². The lowest BCUT2D eigenvalue weighted by molar-refractivity contribution is -0.262. The lowest BCUT2D eigenvalue weighted by atomic mass is 9.98. The molecule has 1 unspecified atom stereocenters. The molecule has 1 aromatic rings. The van der Waals surface area contributed by atoms with Crippen LogP contribution in [-0.4, -0.2) is 48.4 Å². The van der Waals surface area contributed by atoms with Gasteiger partial charge in [0.05, 0.1) is 12.7 Å². The number of rotatable bonds is 18. The number of benzene rings is 1. The van der Waals surface area contributed by atoms with E-state index in [0.29, 0.717) is 25.9 Å². The zero-order valence-electron chi connectivity index (χ0n) is 26.5. The van der Waals surface area contributed by atoms with Crippen LogP contribution in [0.25, 0.3) is 0 Å². The topological polar surface area (TPSA) is 83.1 Å². The van der Waals surface area contributed by atoms with Crippen LogP contribution in [0.5, 0.6) is 0 Å². The Morgan fingerprint density at radius 2 is 1.57 bits per heavy atom. The third-order valence-electron chi connectivity index (χ3n) is 7.82. The van der Waals surface area contributed by atoms with Crippen LogP contribution < -0.4 is 5.32 Å². The molecule has 0 aliphatic carbocycles. The van der Waals surface area contributed by atoms with Crippen molar-refractivity contribution in [2.45, 2.75) is 154 Å². The fraction of sp³-hybridized carbons (Fsp3) is 0.714. The summed E-state index contributed by atoms with van der Waals surface area (Å²) in [4.78, 5) is 25.4. The highest BCUT2D eigenvalue weighted by Gasteiger charge is 2.36. The Bertz CT molecular complexity index is 943. The molecule has 0 bridgehead atoms. The first-order chi connectivity index (χ1) is 20.2. The predicted octanol–water partition coefficient (Wildman–Crippen LogP) is 8.37. The second-order valence-electron chi connectivity index (χ2n) is 12.9. The quantitative estimate of drug-likeness (QED) is 0.138. The number of alkyl carbamates (subject to hydrolysis) is 1. The van der Waals surface area contributed by atoms with E-state index in [2.05, 4.69) is 12.2 Å². The summed E-state index contributed by atoms with van der Waals surface area (Å²) in [5.74, 6) is 0.127. The molecule has 2 aliphatic heterocycles. The van der Waals surface area contributed by atoms with Gasteiger partial charge in [-0.2, -0.15) is 0 Å². The first-order valence-electron chi connectivity index (χ1n) is 16.4. The highest BCUT2D eigenvalue weighted by Crippen LogP contribution is 2.31. The van der Waals surface area contributed by atoms with E-state index in [1.807, 2.05) is 63.3 Å². The van der Waals surface area contributed by atoms with E-state index in [0.717, 1.165) is 24.8 Å². The van der Waals surface area contributed by atoms with Gasteiger partial charge in [0.1, 0.15) is 23.6 Å². The second-order valence-corrected chi connectivity index (χ2v) is 12.9. The Morgan fingerprint density at radius 3 is 2.24 bits per heavy atom. The van der Waals surface area contributed by atoms with Crippen molar-refractivity contribution in [3.8, 4) is 0 Å². The molecule has 7 nitrogen and oxygen atoms in total. The number of carbonyl (C=O) groups excluding carboxylic acids is 2. The van der Waals surface area contributed by atoms with Crippen LogP contribution in [0, 0.1) is 0 Å². The summed E-state index contributed by atoms with van der Waals surface area (Å²) in [7, 11) is 0. The Morgan fingerprint density at radius 1 is 0.905 bits per heavy atom. The summed E-state index contributed by atoms with van der Waals surface area (Å²) < 4.78 is 23.7. The molecule has 7 heteroatoms.